The van der Waals surface area contributed by atoms with E-state index in [-0.39, 0.29) is 23.5 Å². The van der Waals surface area contributed by atoms with Gasteiger partial charge in [0, 0.05) is 23.5 Å². The highest BCUT2D eigenvalue weighted by atomic mass is 19.1. The van der Waals surface area contributed by atoms with E-state index in [9.17, 15) is 9.18 Å². The summed E-state index contributed by atoms with van der Waals surface area (Å²) in [7, 11) is 0. The predicted molar refractivity (Wildman–Crippen MR) is 85.5 cm³/mol. The molecular weight excluding hydrogens is 309 g/mol. The molecule has 0 N–H and O–H groups in total. The zero-order chi connectivity index (χ0) is 16.9. The Hall–Kier alpha value is -3.15. The average molecular weight is 323 g/mol. The number of hydrogen-bond donors (Lipinski definition) is 0. The highest BCUT2D eigenvalue weighted by Gasteiger charge is 2.12. The highest BCUT2D eigenvalue weighted by molar-refractivity contribution is 5.97. The second-order valence-electron chi connectivity index (χ2n) is 5.28. The molecule has 0 amide bonds. The van der Waals surface area contributed by atoms with Crippen LogP contribution < -0.4 is 4.74 Å². The van der Waals surface area contributed by atoms with Crippen molar-refractivity contribution in [2.45, 2.75) is 13.3 Å². The van der Waals surface area contributed by atoms with E-state index in [4.69, 9.17) is 4.74 Å². The maximum atomic E-state index is 13.8. The third kappa shape index (κ3) is 3.98. The molecule has 3 rings (SSSR count). The van der Waals surface area contributed by atoms with Crippen molar-refractivity contribution in [2.24, 2.45) is 0 Å². The lowest BCUT2D eigenvalue weighted by atomic mass is 10.1. The molecule has 0 aliphatic carbocycles. The first-order valence-electron chi connectivity index (χ1n) is 7.28. The SMILES string of the molecule is Cc1ccc(CC(=O)c2cc(F)cc(Oc3cncnc3)c2)nc1. The third-order valence-corrected chi connectivity index (χ3v) is 3.28. The number of carbonyl (C=O) groups is 1. The Morgan fingerprint density at radius 3 is 2.58 bits per heavy atom. The van der Waals surface area contributed by atoms with Gasteiger partial charge in [0.05, 0.1) is 18.8 Å². The zero-order valence-corrected chi connectivity index (χ0v) is 12.9. The Morgan fingerprint density at radius 1 is 1.08 bits per heavy atom. The van der Waals surface area contributed by atoms with E-state index in [0.717, 1.165) is 5.56 Å². The highest BCUT2D eigenvalue weighted by Crippen LogP contribution is 2.23. The smallest absolute Gasteiger partial charge is 0.169 e. The number of Topliss-reactive ketones (excluding diaryl/α,β-unsaturated/α-hetero) is 1. The van der Waals surface area contributed by atoms with Crippen molar-refractivity contribution < 1.29 is 13.9 Å². The molecule has 3 aromatic rings. The molecule has 24 heavy (non-hydrogen) atoms. The fraction of sp³-hybridized carbons (Fsp3) is 0.111. The summed E-state index contributed by atoms with van der Waals surface area (Å²) in [6.07, 6.45) is 6.06. The molecule has 120 valence electrons. The van der Waals surface area contributed by atoms with Gasteiger partial charge in [-0.1, -0.05) is 6.07 Å². The van der Waals surface area contributed by atoms with E-state index < -0.39 is 5.82 Å². The van der Waals surface area contributed by atoms with Crippen LogP contribution in [0.5, 0.6) is 11.5 Å². The molecule has 0 saturated carbocycles. The summed E-state index contributed by atoms with van der Waals surface area (Å²) in [5.41, 5.74) is 1.87. The summed E-state index contributed by atoms with van der Waals surface area (Å²) >= 11 is 0. The minimum Gasteiger partial charge on any atom is -0.454 e. The Morgan fingerprint density at radius 2 is 1.88 bits per heavy atom. The summed E-state index contributed by atoms with van der Waals surface area (Å²) in [6.45, 7) is 1.92. The van der Waals surface area contributed by atoms with Gasteiger partial charge in [-0.25, -0.2) is 14.4 Å². The number of aryl methyl sites for hydroxylation is 1. The van der Waals surface area contributed by atoms with Gasteiger partial charge in [0.1, 0.15) is 17.9 Å². The van der Waals surface area contributed by atoms with Gasteiger partial charge in [0.2, 0.25) is 0 Å². The summed E-state index contributed by atoms with van der Waals surface area (Å²) in [5, 5.41) is 0. The molecule has 6 heteroatoms. The number of nitrogens with zero attached hydrogens (tertiary/aromatic N) is 3. The van der Waals surface area contributed by atoms with E-state index in [1.165, 1.54) is 36.9 Å². The number of ether oxygens (including phenoxy) is 1. The van der Waals surface area contributed by atoms with E-state index in [0.29, 0.717) is 11.4 Å². The molecule has 0 bridgehead atoms. The number of halogens is 1. The van der Waals surface area contributed by atoms with Gasteiger partial charge in [0.15, 0.2) is 11.5 Å². The number of aromatic nitrogens is 3. The fourth-order valence-corrected chi connectivity index (χ4v) is 2.13. The van der Waals surface area contributed by atoms with Crippen molar-refractivity contribution in [3.8, 4) is 11.5 Å². The first-order valence-corrected chi connectivity index (χ1v) is 7.28. The fourth-order valence-electron chi connectivity index (χ4n) is 2.13. The number of rotatable bonds is 5. The van der Waals surface area contributed by atoms with Crippen molar-refractivity contribution in [3.63, 3.8) is 0 Å². The summed E-state index contributed by atoms with van der Waals surface area (Å²) in [6, 6.07) is 7.54. The monoisotopic (exact) mass is 323 g/mol. The average Bonchev–Trinajstić information content (AvgIpc) is 2.57. The predicted octanol–water partition coefficient (Wildman–Crippen LogP) is 3.54. The van der Waals surface area contributed by atoms with Crippen LogP contribution in [-0.4, -0.2) is 20.7 Å². The van der Waals surface area contributed by atoms with E-state index in [1.54, 1.807) is 12.3 Å². The second-order valence-corrected chi connectivity index (χ2v) is 5.28. The van der Waals surface area contributed by atoms with Crippen LogP contribution in [-0.2, 0) is 6.42 Å². The molecule has 5 nitrogen and oxygen atoms in total. The van der Waals surface area contributed by atoms with E-state index in [2.05, 4.69) is 15.0 Å². The second kappa shape index (κ2) is 6.95. The van der Waals surface area contributed by atoms with Crippen LogP contribution in [0.4, 0.5) is 4.39 Å². The molecule has 2 aromatic heterocycles. The normalized spacial score (nSPS) is 10.4. The van der Waals surface area contributed by atoms with Crippen molar-refractivity contribution in [2.75, 3.05) is 0 Å². The van der Waals surface area contributed by atoms with E-state index >= 15 is 0 Å². The summed E-state index contributed by atoms with van der Waals surface area (Å²) in [5.74, 6) is -0.212. The number of ketones is 1. The van der Waals surface area contributed by atoms with Gasteiger partial charge >= 0.3 is 0 Å². The largest absolute Gasteiger partial charge is 0.454 e. The van der Waals surface area contributed by atoms with Gasteiger partial charge in [0.25, 0.3) is 0 Å². The minimum atomic E-state index is -0.551. The third-order valence-electron chi connectivity index (χ3n) is 3.28. The molecule has 0 atom stereocenters. The maximum Gasteiger partial charge on any atom is 0.169 e. The molecule has 0 radical (unpaired) electrons. The van der Waals surface area contributed by atoms with Crippen molar-refractivity contribution in [3.05, 3.63) is 77.9 Å². The van der Waals surface area contributed by atoms with Crippen molar-refractivity contribution >= 4 is 5.78 Å². The molecule has 0 aliphatic heterocycles. The number of pyridine rings is 1. The van der Waals surface area contributed by atoms with Crippen LogP contribution in [0.25, 0.3) is 0 Å². The molecule has 0 fully saturated rings. The molecule has 0 unspecified atom stereocenters. The Balaban J connectivity index is 1.80. The number of carbonyl (C=O) groups excluding carboxylic acids is 1. The number of benzene rings is 1. The van der Waals surface area contributed by atoms with E-state index in [1.807, 2.05) is 13.0 Å². The van der Waals surface area contributed by atoms with Crippen LogP contribution in [0, 0.1) is 12.7 Å². The summed E-state index contributed by atoms with van der Waals surface area (Å²) < 4.78 is 19.3. The van der Waals surface area contributed by atoms with Gasteiger partial charge in [-0.05, 0) is 30.7 Å². The minimum absolute atomic E-state index is 0.0949. The number of hydrogen-bond acceptors (Lipinski definition) is 5. The molecule has 0 spiro atoms. The first-order chi connectivity index (χ1) is 11.6. The quantitative estimate of drug-likeness (QED) is 0.672. The topological polar surface area (TPSA) is 65.0 Å². The maximum absolute atomic E-state index is 13.8. The van der Waals surface area contributed by atoms with Gasteiger partial charge < -0.3 is 4.74 Å². The van der Waals surface area contributed by atoms with Gasteiger partial charge in [-0.3, -0.25) is 9.78 Å². The standard InChI is InChI=1S/C18H14FN3O2/c1-12-2-3-15(22-8-12)7-18(23)13-4-14(19)6-16(5-13)24-17-9-20-11-21-10-17/h2-6,8-11H,7H2,1H3. The Bertz CT molecular complexity index is 852. The van der Waals surface area contributed by atoms with Gasteiger partial charge in [-0.15, -0.1) is 0 Å². The molecule has 2 heterocycles. The Kier molecular flexibility index (Phi) is 4.56. The van der Waals surface area contributed by atoms with Crippen LogP contribution in [0.1, 0.15) is 21.6 Å². The first kappa shape index (κ1) is 15.7. The Labute approximate surface area is 138 Å². The van der Waals surface area contributed by atoms with Crippen LogP contribution in [0.15, 0.2) is 55.2 Å². The lowest BCUT2D eigenvalue weighted by Crippen LogP contribution is -2.06. The molecule has 0 saturated heterocycles. The molecule has 1 aromatic carbocycles. The van der Waals surface area contributed by atoms with Gasteiger partial charge in [-0.2, -0.15) is 0 Å². The van der Waals surface area contributed by atoms with Crippen LogP contribution in [0.3, 0.4) is 0 Å². The van der Waals surface area contributed by atoms with Crippen molar-refractivity contribution in [1.29, 1.82) is 0 Å². The van der Waals surface area contributed by atoms with Crippen LogP contribution >= 0.6 is 0 Å². The molecular formula is C18H14FN3O2. The lowest BCUT2D eigenvalue weighted by molar-refractivity contribution is 0.0991. The summed E-state index contributed by atoms with van der Waals surface area (Å²) in [4.78, 5) is 24.2. The zero-order valence-electron chi connectivity index (χ0n) is 12.9. The van der Waals surface area contributed by atoms with Crippen molar-refractivity contribution in [1.82, 2.24) is 15.0 Å². The van der Waals surface area contributed by atoms with Crippen LogP contribution in [0.2, 0.25) is 0 Å². The lowest BCUT2D eigenvalue weighted by Gasteiger charge is -2.07. The molecule has 0 aliphatic rings.